The number of aliphatic hydroxyl groups is 1. The first-order chi connectivity index (χ1) is 15.7. The Morgan fingerprint density at radius 1 is 1.16 bits per heavy atom. The standard InChI is InChI=1S/C25H28N4O2S/c1-31-22-7-4-5-19-18(9-12-26-25(19)22)21(30)16-29-13-10-17(11-14-29)27-15-24-28-20-6-2-3-8-23(20)32-24/h2-9,12,17,21,27,30H,10-11,13-16H2,1H3. The van der Waals surface area contributed by atoms with E-state index in [1.807, 2.05) is 30.3 Å². The molecule has 1 unspecified atom stereocenters. The molecule has 5 rings (SSSR count). The van der Waals surface area contributed by atoms with Crippen molar-refractivity contribution in [3.05, 3.63) is 65.3 Å². The predicted octanol–water partition coefficient (Wildman–Crippen LogP) is 4.14. The van der Waals surface area contributed by atoms with Gasteiger partial charge in [0, 0.05) is 30.7 Å². The second kappa shape index (κ2) is 9.50. The molecule has 2 aromatic carbocycles. The lowest BCUT2D eigenvalue weighted by Gasteiger charge is -2.33. The number of benzene rings is 2. The van der Waals surface area contributed by atoms with Gasteiger partial charge in [0.1, 0.15) is 16.3 Å². The zero-order valence-electron chi connectivity index (χ0n) is 18.2. The van der Waals surface area contributed by atoms with Crippen LogP contribution in [0, 0.1) is 0 Å². The molecule has 4 aromatic rings. The third-order valence-corrected chi connectivity index (χ3v) is 7.28. The summed E-state index contributed by atoms with van der Waals surface area (Å²) in [5, 5.41) is 16.8. The van der Waals surface area contributed by atoms with Gasteiger partial charge in [0.25, 0.3) is 0 Å². The number of piperidine rings is 1. The molecule has 0 radical (unpaired) electrons. The Labute approximate surface area is 191 Å². The number of aliphatic hydroxyl groups excluding tert-OH is 1. The average Bonchev–Trinajstić information content (AvgIpc) is 3.26. The molecule has 166 valence electrons. The minimum atomic E-state index is -0.556. The summed E-state index contributed by atoms with van der Waals surface area (Å²) in [5.74, 6) is 0.733. The minimum Gasteiger partial charge on any atom is -0.494 e. The Hall–Kier alpha value is -2.58. The average molecular weight is 449 g/mol. The van der Waals surface area contributed by atoms with Crippen LogP contribution >= 0.6 is 11.3 Å². The first-order valence-corrected chi connectivity index (χ1v) is 11.9. The number of fused-ring (bicyclic) bond motifs is 2. The van der Waals surface area contributed by atoms with E-state index < -0.39 is 6.10 Å². The van der Waals surface area contributed by atoms with Crippen molar-refractivity contribution in [2.45, 2.75) is 31.5 Å². The quantitative estimate of drug-likeness (QED) is 0.443. The molecule has 0 aliphatic carbocycles. The van der Waals surface area contributed by atoms with Crippen molar-refractivity contribution in [2.24, 2.45) is 0 Å². The molecule has 0 bridgehead atoms. The van der Waals surface area contributed by atoms with E-state index in [1.54, 1.807) is 24.6 Å². The highest BCUT2D eigenvalue weighted by Gasteiger charge is 2.23. The lowest BCUT2D eigenvalue weighted by molar-refractivity contribution is 0.0949. The first kappa shape index (κ1) is 21.3. The molecule has 1 atom stereocenters. The predicted molar refractivity (Wildman–Crippen MR) is 129 cm³/mol. The van der Waals surface area contributed by atoms with E-state index in [1.165, 1.54) is 4.70 Å². The zero-order valence-corrected chi connectivity index (χ0v) is 19.0. The number of likely N-dealkylation sites (tertiary alicyclic amines) is 1. The molecular formula is C25H28N4O2S. The van der Waals surface area contributed by atoms with Crippen LogP contribution in [0.4, 0.5) is 0 Å². The molecule has 7 heteroatoms. The van der Waals surface area contributed by atoms with Crippen molar-refractivity contribution in [3.63, 3.8) is 0 Å². The van der Waals surface area contributed by atoms with Crippen LogP contribution in [-0.4, -0.2) is 52.8 Å². The van der Waals surface area contributed by atoms with E-state index in [2.05, 4.69) is 33.4 Å². The lowest BCUT2D eigenvalue weighted by atomic mass is 10.0. The summed E-state index contributed by atoms with van der Waals surface area (Å²) in [6.07, 6.45) is 3.34. The summed E-state index contributed by atoms with van der Waals surface area (Å²) in [4.78, 5) is 11.5. The van der Waals surface area contributed by atoms with Gasteiger partial charge in [0.05, 0.1) is 23.4 Å². The molecule has 0 amide bonds. The number of aromatic nitrogens is 2. The number of methoxy groups -OCH3 is 1. The van der Waals surface area contributed by atoms with Crippen LogP contribution in [0.15, 0.2) is 54.7 Å². The highest BCUT2D eigenvalue weighted by molar-refractivity contribution is 7.18. The topological polar surface area (TPSA) is 70.5 Å². The summed E-state index contributed by atoms with van der Waals surface area (Å²) >= 11 is 1.76. The SMILES string of the molecule is COc1cccc2c(C(O)CN3CCC(NCc4nc5ccccc5s4)CC3)ccnc12. The molecule has 2 aromatic heterocycles. The summed E-state index contributed by atoms with van der Waals surface area (Å²) in [5.41, 5.74) is 2.79. The first-order valence-electron chi connectivity index (χ1n) is 11.1. The molecular weight excluding hydrogens is 420 g/mol. The van der Waals surface area contributed by atoms with E-state index >= 15 is 0 Å². The summed E-state index contributed by atoms with van der Waals surface area (Å²) in [7, 11) is 1.65. The molecule has 0 spiro atoms. The van der Waals surface area contributed by atoms with Gasteiger partial charge in [-0.2, -0.15) is 0 Å². The number of nitrogens with zero attached hydrogens (tertiary/aromatic N) is 3. The Bertz CT molecular complexity index is 1170. The molecule has 6 nitrogen and oxygen atoms in total. The van der Waals surface area contributed by atoms with Gasteiger partial charge < -0.3 is 20.1 Å². The van der Waals surface area contributed by atoms with E-state index in [9.17, 15) is 5.11 Å². The molecule has 1 aliphatic heterocycles. The number of thiazole rings is 1. The summed E-state index contributed by atoms with van der Waals surface area (Å²) in [6.45, 7) is 3.39. The lowest BCUT2D eigenvalue weighted by Crippen LogP contribution is -2.43. The van der Waals surface area contributed by atoms with Crippen molar-refractivity contribution in [3.8, 4) is 5.75 Å². The van der Waals surface area contributed by atoms with Gasteiger partial charge >= 0.3 is 0 Å². The van der Waals surface area contributed by atoms with Gasteiger partial charge in [-0.1, -0.05) is 24.3 Å². The van der Waals surface area contributed by atoms with Crippen LogP contribution in [0.2, 0.25) is 0 Å². The molecule has 1 aliphatic rings. The number of pyridine rings is 1. The fraction of sp³-hybridized carbons (Fsp3) is 0.360. The van der Waals surface area contributed by atoms with Crippen LogP contribution < -0.4 is 10.1 Å². The Balaban J connectivity index is 1.16. The van der Waals surface area contributed by atoms with E-state index in [-0.39, 0.29) is 0 Å². The van der Waals surface area contributed by atoms with Crippen LogP contribution in [0.1, 0.15) is 29.5 Å². The van der Waals surface area contributed by atoms with E-state index in [0.717, 1.165) is 65.2 Å². The van der Waals surface area contributed by atoms with E-state index in [4.69, 9.17) is 9.72 Å². The van der Waals surface area contributed by atoms with E-state index in [0.29, 0.717) is 12.6 Å². The second-order valence-electron chi connectivity index (χ2n) is 8.30. The van der Waals surface area contributed by atoms with Crippen molar-refractivity contribution in [1.82, 2.24) is 20.2 Å². The Morgan fingerprint density at radius 2 is 2.00 bits per heavy atom. The van der Waals surface area contributed by atoms with Gasteiger partial charge in [-0.3, -0.25) is 4.98 Å². The zero-order chi connectivity index (χ0) is 21.9. The number of rotatable bonds is 7. The fourth-order valence-electron chi connectivity index (χ4n) is 4.52. The third-order valence-electron chi connectivity index (χ3n) is 6.25. The molecule has 2 N–H and O–H groups in total. The van der Waals surface area contributed by atoms with Gasteiger partial charge in [-0.15, -0.1) is 11.3 Å². The molecule has 1 saturated heterocycles. The maximum absolute atomic E-state index is 11.0. The van der Waals surface area contributed by atoms with Crippen molar-refractivity contribution < 1.29 is 9.84 Å². The number of hydrogen-bond donors (Lipinski definition) is 2. The smallest absolute Gasteiger partial charge is 0.145 e. The number of hydrogen-bond acceptors (Lipinski definition) is 7. The number of β-amino-alcohol motifs (C(OH)–C–C–N with tert-alkyl or cyclic N) is 1. The summed E-state index contributed by atoms with van der Waals surface area (Å²) in [6, 6.07) is 16.5. The van der Waals surface area contributed by atoms with Crippen molar-refractivity contribution in [1.29, 1.82) is 0 Å². The minimum absolute atomic E-state index is 0.487. The van der Waals surface area contributed by atoms with Crippen LogP contribution in [0.5, 0.6) is 5.75 Å². The van der Waals surface area contributed by atoms with Crippen LogP contribution in [-0.2, 0) is 6.54 Å². The van der Waals surface area contributed by atoms with Crippen molar-refractivity contribution >= 4 is 32.5 Å². The highest BCUT2D eigenvalue weighted by Crippen LogP contribution is 2.30. The molecule has 3 heterocycles. The Kier molecular flexibility index (Phi) is 6.32. The van der Waals surface area contributed by atoms with Crippen LogP contribution in [0.3, 0.4) is 0 Å². The highest BCUT2D eigenvalue weighted by atomic mass is 32.1. The summed E-state index contributed by atoms with van der Waals surface area (Å²) < 4.78 is 6.68. The molecule has 32 heavy (non-hydrogen) atoms. The Morgan fingerprint density at radius 3 is 2.81 bits per heavy atom. The van der Waals surface area contributed by atoms with Gasteiger partial charge in [-0.25, -0.2) is 4.98 Å². The van der Waals surface area contributed by atoms with Crippen LogP contribution in [0.25, 0.3) is 21.1 Å². The monoisotopic (exact) mass is 448 g/mol. The molecule has 1 fully saturated rings. The maximum atomic E-state index is 11.0. The maximum Gasteiger partial charge on any atom is 0.145 e. The third kappa shape index (κ3) is 4.47. The van der Waals surface area contributed by atoms with Gasteiger partial charge in [0.2, 0.25) is 0 Å². The molecule has 0 saturated carbocycles. The van der Waals surface area contributed by atoms with Crippen molar-refractivity contribution in [2.75, 3.05) is 26.7 Å². The number of ether oxygens (including phenoxy) is 1. The number of nitrogens with one attached hydrogen (secondary N) is 1. The second-order valence-corrected chi connectivity index (χ2v) is 9.42. The normalized spacial score (nSPS) is 16.6. The van der Waals surface area contributed by atoms with Gasteiger partial charge in [0.15, 0.2) is 0 Å². The largest absolute Gasteiger partial charge is 0.494 e. The van der Waals surface area contributed by atoms with Gasteiger partial charge in [-0.05, 0) is 55.8 Å². The number of para-hydroxylation sites is 2. The fourth-order valence-corrected chi connectivity index (χ4v) is 5.43.